The van der Waals surface area contributed by atoms with E-state index in [1.165, 1.54) is 0 Å². The molecule has 1 aliphatic heterocycles. The Balaban J connectivity index is 0.00000121. The number of hydrogen-bond donors (Lipinski definition) is 1. The second-order valence-corrected chi connectivity index (χ2v) is 2.85. The van der Waals surface area contributed by atoms with Gasteiger partial charge in [-0.2, -0.15) is 0 Å². The van der Waals surface area contributed by atoms with Crippen molar-refractivity contribution in [3.8, 4) is 0 Å². The van der Waals surface area contributed by atoms with Crippen LogP contribution >= 0.6 is 0 Å². The van der Waals surface area contributed by atoms with Crippen LogP contribution in [0.1, 0.15) is 20.3 Å². The van der Waals surface area contributed by atoms with Crippen LogP contribution in [0.3, 0.4) is 0 Å². The van der Waals surface area contributed by atoms with E-state index in [-0.39, 0.29) is 18.5 Å². The number of hydrogen-bond acceptors (Lipinski definition) is 4. The molecule has 3 N–H and O–H groups in total. The molecule has 0 aliphatic carbocycles. The van der Waals surface area contributed by atoms with Crippen LogP contribution in [0.2, 0.25) is 0 Å². The number of carbonyl (C=O) groups is 2. The minimum Gasteiger partial charge on any atom is -0.393 e. The third-order valence-corrected chi connectivity index (χ3v) is 1.44. The lowest BCUT2D eigenvalue weighted by atomic mass is 10.1. The fourth-order valence-corrected chi connectivity index (χ4v) is 1.02. The van der Waals surface area contributed by atoms with Crippen molar-refractivity contribution in [3.63, 3.8) is 0 Å². The summed E-state index contributed by atoms with van der Waals surface area (Å²) in [4.78, 5) is 21.4. The van der Waals surface area contributed by atoms with E-state index in [4.69, 9.17) is 0 Å². The highest BCUT2D eigenvalue weighted by molar-refractivity contribution is 5.95. The number of ether oxygens (including phenoxy) is 1. The third kappa shape index (κ3) is 2.47. The molecule has 1 heterocycles. The molecule has 12 heavy (non-hydrogen) atoms. The van der Waals surface area contributed by atoms with Crippen molar-refractivity contribution in [2.24, 2.45) is 5.92 Å². The molecule has 0 aromatic carbocycles. The Kier molecular flexibility index (Phi) is 3.63. The average Bonchev–Trinajstić information content (AvgIpc) is 2.09. The number of esters is 2. The van der Waals surface area contributed by atoms with Gasteiger partial charge in [0.1, 0.15) is 0 Å². The van der Waals surface area contributed by atoms with Crippen molar-refractivity contribution in [2.75, 3.05) is 0 Å². The maximum absolute atomic E-state index is 10.8. The van der Waals surface area contributed by atoms with Crippen molar-refractivity contribution in [1.29, 1.82) is 0 Å². The molecule has 0 amide bonds. The molecule has 4 heteroatoms. The first-order chi connectivity index (χ1) is 5.09. The lowest BCUT2D eigenvalue weighted by molar-refractivity contribution is -0.152. The van der Waals surface area contributed by atoms with Crippen LogP contribution < -0.4 is 6.15 Å². The zero-order valence-electron chi connectivity index (χ0n) is 7.29. The molecule has 4 nitrogen and oxygen atoms in total. The maximum atomic E-state index is 10.8. The highest BCUT2D eigenvalue weighted by atomic mass is 16.6. The van der Waals surface area contributed by atoms with Crippen LogP contribution in [-0.2, 0) is 14.3 Å². The smallest absolute Gasteiger partial charge is 0.321 e. The number of carbonyl (C=O) groups excluding carboxylic acids is 2. The monoisotopic (exact) mass is 171 g/mol. The maximum Gasteiger partial charge on any atom is 0.321 e. The van der Waals surface area contributed by atoms with Gasteiger partial charge in [0.05, 0.1) is 12.3 Å². The fourth-order valence-electron chi connectivity index (χ4n) is 1.02. The Morgan fingerprint density at radius 2 is 2.08 bits per heavy atom. The summed E-state index contributed by atoms with van der Waals surface area (Å²) in [6.45, 7) is 3.77. The highest BCUT2D eigenvalue weighted by Gasteiger charge is 2.31. The summed E-state index contributed by atoms with van der Waals surface area (Å²) in [7, 11) is 0. The molecular formula is C8H13NO3. The van der Waals surface area contributed by atoms with Gasteiger partial charge in [0.15, 0.2) is 0 Å². The zero-order valence-corrected chi connectivity index (χ0v) is 7.29. The van der Waals surface area contributed by atoms with Crippen molar-refractivity contribution in [3.05, 3.63) is 11.6 Å². The largest absolute Gasteiger partial charge is 0.393 e. The molecule has 0 bridgehead atoms. The van der Waals surface area contributed by atoms with Crippen LogP contribution in [-0.4, -0.2) is 11.9 Å². The number of allylic oxidation sites excluding steroid dienone is 1. The Labute approximate surface area is 71.2 Å². The lowest BCUT2D eigenvalue weighted by Crippen LogP contribution is -2.04. The van der Waals surface area contributed by atoms with Gasteiger partial charge in [-0.25, -0.2) is 0 Å². The van der Waals surface area contributed by atoms with Crippen LogP contribution in [0.15, 0.2) is 11.6 Å². The second kappa shape index (κ2) is 4.01. The van der Waals surface area contributed by atoms with E-state index < -0.39 is 11.9 Å². The molecular weight excluding hydrogens is 158 g/mol. The summed E-state index contributed by atoms with van der Waals surface area (Å²) in [5.41, 5.74) is 1.03. The highest BCUT2D eigenvalue weighted by Crippen LogP contribution is 2.18. The predicted molar refractivity (Wildman–Crippen MR) is 43.7 cm³/mol. The van der Waals surface area contributed by atoms with Crippen molar-refractivity contribution in [1.82, 2.24) is 6.15 Å². The SMILES string of the molecule is CC(C)=CC1CC(=O)OC1=O.N. The Morgan fingerprint density at radius 3 is 2.42 bits per heavy atom. The van der Waals surface area contributed by atoms with Gasteiger partial charge in [-0.15, -0.1) is 0 Å². The molecule has 1 fully saturated rings. The zero-order chi connectivity index (χ0) is 8.43. The van der Waals surface area contributed by atoms with E-state index in [0.717, 1.165) is 5.57 Å². The minimum absolute atomic E-state index is 0. The van der Waals surface area contributed by atoms with E-state index >= 15 is 0 Å². The van der Waals surface area contributed by atoms with E-state index in [1.54, 1.807) is 6.08 Å². The first-order valence-electron chi connectivity index (χ1n) is 3.49. The molecule has 0 aromatic rings. The molecule has 1 atom stereocenters. The van der Waals surface area contributed by atoms with E-state index in [1.807, 2.05) is 13.8 Å². The second-order valence-electron chi connectivity index (χ2n) is 2.85. The third-order valence-electron chi connectivity index (χ3n) is 1.44. The Morgan fingerprint density at radius 1 is 1.50 bits per heavy atom. The number of rotatable bonds is 1. The minimum atomic E-state index is -0.420. The topological polar surface area (TPSA) is 78.4 Å². The van der Waals surface area contributed by atoms with E-state index in [2.05, 4.69) is 4.74 Å². The van der Waals surface area contributed by atoms with Crippen LogP contribution in [0, 0.1) is 5.92 Å². The van der Waals surface area contributed by atoms with Gasteiger partial charge in [0, 0.05) is 0 Å². The van der Waals surface area contributed by atoms with Crippen LogP contribution in [0.4, 0.5) is 0 Å². The molecule has 1 unspecified atom stereocenters. The molecule has 1 rings (SSSR count). The van der Waals surface area contributed by atoms with Gasteiger partial charge in [-0.3, -0.25) is 9.59 Å². The van der Waals surface area contributed by atoms with Crippen LogP contribution in [0.5, 0.6) is 0 Å². The van der Waals surface area contributed by atoms with Crippen LogP contribution in [0.25, 0.3) is 0 Å². The normalized spacial score (nSPS) is 21.3. The standard InChI is InChI=1S/C8H10O3.H3N/c1-5(2)3-6-4-7(9)11-8(6)10;/h3,6H,4H2,1-2H3;1H3. The predicted octanol–water partition coefficient (Wildman–Crippen LogP) is 1.20. The summed E-state index contributed by atoms with van der Waals surface area (Å²) in [5.74, 6) is -1.18. The van der Waals surface area contributed by atoms with Gasteiger partial charge in [-0.1, -0.05) is 11.6 Å². The average molecular weight is 171 g/mol. The molecule has 0 aromatic heterocycles. The first kappa shape index (κ1) is 10.8. The molecule has 0 radical (unpaired) electrons. The summed E-state index contributed by atoms with van der Waals surface area (Å²) in [5, 5.41) is 0. The van der Waals surface area contributed by atoms with Gasteiger partial charge in [0.25, 0.3) is 0 Å². The molecule has 0 spiro atoms. The Hall–Kier alpha value is -1.16. The fraction of sp³-hybridized carbons (Fsp3) is 0.500. The quantitative estimate of drug-likeness (QED) is 0.365. The van der Waals surface area contributed by atoms with Gasteiger partial charge >= 0.3 is 11.9 Å². The lowest BCUT2D eigenvalue weighted by Gasteiger charge is -1.95. The van der Waals surface area contributed by atoms with E-state index in [0.29, 0.717) is 0 Å². The van der Waals surface area contributed by atoms with Crippen molar-refractivity contribution < 1.29 is 14.3 Å². The summed E-state index contributed by atoms with van der Waals surface area (Å²) >= 11 is 0. The van der Waals surface area contributed by atoms with Gasteiger partial charge < -0.3 is 10.9 Å². The van der Waals surface area contributed by atoms with Crippen molar-refractivity contribution >= 4 is 11.9 Å². The Bertz CT molecular complexity index is 228. The van der Waals surface area contributed by atoms with E-state index in [9.17, 15) is 9.59 Å². The summed E-state index contributed by atoms with van der Waals surface area (Å²) in [6.07, 6.45) is 1.96. The van der Waals surface area contributed by atoms with Crippen molar-refractivity contribution in [2.45, 2.75) is 20.3 Å². The first-order valence-corrected chi connectivity index (χ1v) is 3.49. The molecule has 68 valence electrons. The number of cyclic esters (lactones) is 2. The summed E-state index contributed by atoms with van der Waals surface area (Å²) in [6, 6.07) is 0. The molecule has 0 saturated carbocycles. The molecule has 1 aliphatic rings. The van der Waals surface area contributed by atoms with Gasteiger partial charge in [0.2, 0.25) is 0 Å². The van der Waals surface area contributed by atoms with Gasteiger partial charge in [-0.05, 0) is 13.8 Å². The molecule has 1 saturated heterocycles. The summed E-state index contributed by atoms with van der Waals surface area (Å²) < 4.78 is 4.35.